The summed E-state index contributed by atoms with van der Waals surface area (Å²) in [5.74, 6) is 0.105. The lowest BCUT2D eigenvalue weighted by atomic mass is 10.1. The molecule has 7 heteroatoms. The van der Waals surface area contributed by atoms with E-state index in [0.29, 0.717) is 18.9 Å². The molecule has 124 valence electrons. The molecule has 0 saturated carbocycles. The van der Waals surface area contributed by atoms with E-state index in [1.165, 1.54) is 6.07 Å². The van der Waals surface area contributed by atoms with Crippen molar-refractivity contribution < 1.29 is 18.0 Å². The molecule has 4 nitrogen and oxygen atoms in total. The number of likely N-dealkylation sites (tertiary alicyclic amines) is 1. The van der Waals surface area contributed by atoms with Crippen LogP contribution in [0.15, 0.2) is 12.1 Å². The summed E-state index contributed by atoms with van der Waals surface area (Å²) in [7, 11) is 0. The van der Waals surface area contributed by atoms with Gasteiger partial charge in [0.25, 0.3) is 5.91 Å². The van der Waals surface area contributed by atoms with E-state index in [0.717, 1.165) is 18.9 Å². The van der Waals surface area contributed by atoms with Gasteiger partial charge in [-0.1, -0.05) is 13.8 Å². The van der Waals surface area contributed by atoms with Crippen LogP contribution >= 0.6 is 0 Å². The van der Waals surface area contributed by atoms with Crippen molar-refractivity contribution in [3.63, 3.8) is 0 Å². The van der Waals surface area contributed by atoms with Crippen molar-refractivity contribution in [2.45, 2.75) is 38.8 Å². The second-order valence-corrected chi connectivity index (χ2v) is 6.19. The Morgan fingerprint density at radius 1 is 1.26 bits per heavy atom. The highest BCUT2D eigenvalue weighted by Crippen LogP contribution is 2.36. The summed E-state index contributed by atoms with van der Waals surface area (Å²) < 4.78 is 40.1. The topological polar surface area (TPSA) is 49.0 Å². The molecule has 0 spiro atoms. The quantitative estimate of drug-likeness (QED) is 0.909. The summed E-state index contributed by atoms with van der Waals surface area (Å²) in [6.07, 6.45) is -2.77. The smallest absolute Gasteiger partial charge is 0.342 e. The van der Waals surface area contributed by atoms with Gasteiger partial charge in [0.2, 0.25) is 0 Å². The number of amides is 1. The minimum absolute atomic E-state index is 0.0267. The van der Waals surface area contributed by atoms with E-state index in [-0.39, 0.29) is 28.4 Å². The van der Waals surface area contributed by atoms with E-state index in [9.17, 15) is 18.0 Å². The van der Waals surface area contributed by atoms with Gasteiger partial charge in [-0.25, -0.2) is 4.98 Å². The van der Waals surface area contributed by atoms with Crippen molar-refractivity contribution in [2.75, 3.05) is 13.1 Å². The lowest BCUT2D eigenvalue weighted by Crippen LogP contribution is -2.28. The fourth-order valence-electron chi connectivity index (χ4n) is 2.85. The Morgan fingerprint density at radius 3 is 2.48 bits per heavy atom. The number of halogens is 3. The van der Waals surface area contributed by atoms with Gasteiger partial charge in [-0.3, -0.25) is 4.79 Å². The molecule has 2 aromatic rings. The number of hydrogen-bond acceptors (Lipinski definition) is 2. The molecule has 1 aliphatic heterocycles. The Hall–Kier alpha value is -2.05. The maximum atomic E-state index is 13.4. The minimum Gasteiger partial charge on any atom is -0.342 e. The zero-order chi connectivity index (χ0) is 16.8. The van der Waals surface area contributed by atoms with Gasteiger partial charge in [0, 0.05) is 24.6 Å². The number of alkyl halides is 3. The van der Waals surface area contributed by atoms with E-state index >= 15 is 0 Å². The first-order valence-electron chi connectivity index (χ1n) is 7.67. The largest absolute Gasteiger partial charge is 0.418 e. The van der Waals surface area contributed by atoms with Crippen molar-refractivity contribution in [3.8, 4) is 0 Å². The molecule has 1 aromatic heterocycles. The molecule has 0 unspecified atom stereocenters. The van der Waals surface area contributed by atoms with Crippen LogP contribution in [0.2, 0.25) is 0 Å². The lowest BCUT2D eigenvalue weighted by molar-refractivity contribution is -0.136. The number of carbonyl (C=O) groups is 1. The first-order valence-corrected chi connectivity index (χ1v) is 7.67. The number of nitrogens with zero attached hydrogens (tertiary/aromatic N) is 2. The van der Waals surface area contributed by atoms with Crippen LogP contribution in [0.3, 0.4) is 0 Å². The number of imidazole rings is 1. The van der Waals surface area contributed by atoms with Crippen molar-refractivity contribution >= 4 is 16.9 Å². The SMILES string of the molecule is CC(C)c1nc2c(C(F)(F)F)cc(C(=O)N3CCCC3)cc2[nH]1. The number of rotatable bonds is 2. The zero-order valence-corrected chi connectivity index (χ0v) is 13.0. The highest BCUT2D eigenvalue weighted by molar-refractivity contribution is 5.98. The molecule has 1 aliphatic rings. The molecule has 0 bridgehead atoms. The predicted molar refractivity (Wildman–Crippen MR) is 80.3 cm³/mol. The molecule has 1 saturated heterocycles. The Labute approximate surface area is 131 Å². The average Bonchev–Trinajstić information content (AvgIpc) is 3.13. The fourth-order valence-corrected chi connectivity index (χ4v) is 2.85. The van der Waals surface area contributed by atoms with E-state index in [4.69, 9.17) is 0 Å². The number of aromatic nitrogens is 2. The van der Waals surface area contributed by atoms with Crippen LogP contribution in [0.4, 0.5) is 13.2 Å². The van der Waals surface area contributed by atoms with Crippen LogP contribution < -0.4 is 0 Å². The third-order valence-electron chi connectivity index (χ3n) is 4.10. The van der Waals surface area contributed by atoms with Gasteiger partial charge in [0.05, 0.1) is 11.1 Å². The maximum Gasteiger partial charge on any atom is 0.418 e. The van der Waals surface area contributed by atoms with Gasteiger partial charge in [-0.05, 0) is 25.0 Å². The summed E-state index contributed by atoms with van der Waals surface area (Å²) in [4.78, 5) is 21.0. The molecule has 1 fully saturated rings. The molecule has 0 radical (unpaired) electrons. The second-order valence-electron chi connectivity index (χ2n) is 6.19. The van der Waals surface area contributed by atoms with Crippen molar-refractivity contribution in [1.82, 2.24) is 14.9 Å². The van der Waals surface area contributed by atoms with Gasteiger partial charge in [0.1, 0.15) is 11.3 Å². The molecule has 2 heterocycles. The molecular weight excluding hydrogens is 307 g/mol. The first-order chi connectivity index (χ1) is 10.8. The number of nitrogens with one attached hydrogen (secondary N) is 1. The molecule has 3 rings (SSSR count). The van der Waals surface area contributed by atoms with Gasteiger partial charge >= 0.3 is 6.18 Å². The third-order valence-corrected chi connectivity index (χ3v) is 4.10. The number of aromatic amines is 1. The van der Waals surface area contributed by atoms with E-state index in [1.807, 2.05) is 13.8 Å². The summed E-state index contributed by atoms with van der Waals surface area (Å²) in [6, 6.07) is 2.40. The molecule has 0 aliphatic carbocycles. The van der Waals surface area contributed by atoms with Crippen LogP contribution in [0, 0.1) is 0 Å². The Morgan fingerprint density at radius 2 is 1.91 bits per heavy atom. The summed E-state index contributed by atoms with van der Waals surface area (Å²) in [5, 5.41) is 0. The van der Waals surface area contributed by atoms with Crippen LogP contribution in [0.5, 0.6) is 0 Å². The number of carbonyl (C=O) groups excluding carboxylic acids is 1. The predicted octanol–water partition coefficient (Wildman–Crippen LogP) is 3.94. The molecule has 0 atom stereocenters. The molecular formula is C16H18F3N3O. The normalized spacial score (nSPS) is 15.8. The van der Waals surface area contributed by atoms with Gasteiger partial charge in [0.15, 0.2) is 0 Å². The molecule has 1 amide bonds. The summed E-state index contributed by atoms with van der Waals surface area (Å²) in [5.41, 5.74) is -0.670. The fraction of sp³-hybridized carbons (Fsp3) is 0.500. The minimum atomic E-state index is -4.55. The summed E-state index contributed by atoms with van der Waals surface area (Å²) >= 11 is 0. The average molecular weight is 325 g/mol. The highest BCUT2D eigenvalue weighted by Gasteiger charge is 2.35. The van der Waals surface area contributed by atoms with E-state index < -0.39 is 11.7 Å². The highest BCUT2D eigenvalue weighted by atomic mass is 19.4. The van der Waals surface area contributed by atoms with E-state index in [2.05, 4.69) is 9.97 Å². The van der Waals surface area contributed by atoms with E-state index in [1.54, 1.807) is 4.90 Å². The number of hydrogen-bond donors (Lipinski definition) is 1. The van der Waals surface area contributed by atoms with Crippen molar-refractivity contribution in [2.24, 2.45) is 0 Å². The number of fused-ring (bicyclic) bond motifs is 1. The van der Waals surface area contributed by atoms with Crippen LogP contribution in [0.1, 0.15) is 54.4 Å². The monoisotopic (exact) mass is 325 g/mol. The Kier molecular flexibility index (Phi) is 3.82. The molecule has 1 aromatic carbocycles. The Bertz CT molecular complexity index is 743. The third kappa shape index (κ3) is 2.92. The standard InChI is InChI=1S/C16H18F3N3O/c1-9(2)14-20-12-8-10(15(23)22-5-3-4-6-22)7-11(13(12)21-14)16(17,18)19/h7-9H,3-6H2,1-2H3,(H,20,21). The molecule has 1 N–H and O–H groups in total. The molecule has 23 heavy (non-hydrogen) atoms. The second kappa shape index (κ2) is 5.54. The van der Waals surface area contributed by atoms with Crippen LogP contribution in [-0.2, 0) is 6.18 Å². The number of H-pyrrole nitrogens is 1. The zero-order valence-electron chi connectivity index (χ0n) is 13.0. The Balaban J connectivity index is 2.14. The number of benzene rings is 1. The van der Waals surface area contributed by atoms with Crippen LogP contribution in [0.25, 0.3) is 11.0 Å². The summed E-state index contributed by atoms with van der Waals surface area (Å²) in [6.45, 7) is 4.89. The van der Waals surface area contributed by atoms with Crippen molar-refractivity contribution in [3.05, 3.63) is 29.1 Å². The maximum absolute atomic E-state index is 13.4. The van der Waals surface area contributed by atoms with Gasteiger partial charge in [-0.15, -0.1) is 0 Å². The van der Waals surface area contributed by atoms with Crippen LogP contribution in [-0.4, -0.2) is 33.9 Å². The van der Waals surface area contributed by atoms with Gasteiger partial charge < -0.3 is 9.88 Å². The van der Waals surface area contributed by atoms with Gasteiger partial charge in [-0.2, -0.15) is 13.2 Å². The lowest BCUT2D eigenvalue weighted by Gasteiger charge is -2.16. The van der Waals surface area contributed by atoms with Crippen molar-refractivity contribution in [1.29, 1.82) is 0 Å². The first kappa shape index (κ1) is 15.8.